The molecule has 0 N–H and O–H groups in total. The van der Waals surface area contributed by atoms with Gasteiger partial charge in [0.15, 0.2) is 0 Å². The number of fused-ring (bicyclic) bond motifs is 15. The number of para-hydroxylation sites is 1. The zero-order chi connectivity index (χ0) is 38.3. The molecule has 12 rings (SSSR count). The van der Waals surface area contributed by atoms with Gasteiger partial charge in [0.2, 0.25) is 0 Å². The van der Waals surface area contributed by atoms with Crippen LogP contribution in [0.3, 0.4) is 0 Å². The van der Waals surface area contributed by atoms with E-state index >= 15 is 0 Å². The van der Waals surface area contributed by atoms with Crippen molar-refractivity contribution in [3.63, 3.8) is 0 Å². The molecule has 0 atom stereocenters. The highest BCUT2D eigenvalue weighted by Gasteiger charge is 2.51. The lowest BCUT2D eigenvalue weighted by molar-refractivity contribution is 0.436. The van der Waals surface area contributed by atoms with E-state index < -0.39 is 5.41 Å². The summed E-state index contributed by atoms with van der Waals surface area (Å²) in [5, 5.41) is 0. The standard InChI is InChI=1S/C55H41NO/c1-53(2)43-19-9-5-15-37(43)41-28-25-34(31-48(41)53)56(35-26-29-42-38-16-6-10-20-44(38)54(3,4)49(42)32-35)36-27-30-52-50(33-36)55(47-23-13-14-24-51(47)57-52)45-21-11-7-17-39(45)40-18-8-12-22-46(40)55/h5-33H,1-4H3. The third-order valence-electron chi connectivity index (χ3n) is 13.7. The first-order valence-corrected chi connectivity index (χ1v) is 20.2. The van der Waals surface area contributed by atoms with Gasteiger partial charge in [0.25, 0.3) is 0 Å². The smallest absolute Gasteiger partial charge is 0.132 e. The summed E-state index contributed by atoms with van der Waals surface area (Å²) in [6, 6.07) is 65.5. The Hall–Kier alpha value is -6.64. The third-order valence-corrected chi connectivity index (χ3v) is 13.7. The van der Waals surface area contributed by atoms with Gasteiger partial charge in [0, 0.05) is 39.0 Å². The van der Waals surface area contributed by atoms with E-state index in [1.807, 2.05) is 0 Å². The molecule has 0 saturated heterocycles. The summed E-state index contributed by atoms with van der Waals surface area (Å²) in [4.78, 5) is 2.49. The molecule has 0 aromatic heterocycles. The van der Waals surface area contributed by atoms with E-state index in [-0.39, 0.29) is 10.8 Å². The van der Waals surface area contributed by atoms with Crippen molar-refractivity contribution in [2.24, 2.45) is 0 Å². The highest BCUT2D eigenvalue weighted by molar-refractivity contribution is 5.92. The Kier molecular flexibility index (Phi) is 6.42. The highest BCUT2D eigenvalue weighted by atomic mass is 16.5. The van der Waals surface area contributed by atoms with Gasteiger partial charge in [-0.1, -0.05) is 155 Å². The minimum absolute atomic E-state index is 0.135. The number of anilines is 3. The SMILES string of the molecule is CC1(C)c2ccccc2-c2ccc(N(c3ccc4c(c3)C(C)(C)c3ccccc3-4)c3ccc4c(c3)C3(c5ccccc5O4)c4ccccc4-c4ccccc43)cc21. The zero-order valence-electron chi connectivity index (χ0n) is 32.6. The molecule has 1 aliphatic heterocycles. The summed E-state index contributed by atoms with van der Waals surface area (Å²) in [6.45, 7) is 9.47. The van der Waals surface area contributed by atoms with Gasteiger partial charge in [-0.3, -0.25) is 0 Å². The molecule has 272 valence electrons. The van der Waals surface area contributed by atoms with Crippen LogP contribution in [0.4, 0.5) is 17.1 Å². The maximum absolute atomic E-state index is 6.87. The van der Waals surface area contributed by atoms with Crippen molar-refractivity contribution in [2.45, 2.75) is 43.9 Å². The summed E-state index contributed by atoms with van der Waals surface area (Å²) in [5.74, 6) is 1.79. The summed E-state index contributed by atoms with van der Waals surface area (Å²) in [6.07, 6.45) is 0. The topological polar surface area (TPSA) is 12.5 Å². The van der Waals surface area contributed by atoms with Crippen LogP contribution in [0.2, 0.25) is 0 Å². The van der Waals surface area contributed by atoms with Crippen LogP contribution in [0.1, 0.15) is 72.2 Å². The van der Waals surface area contributed by atoms with Gasteiger partial charge in [-0.2, -0.15) is 0 Å². The first kappa shape index (κ1) is 32.6. The van der Waals surface area contributed by atoms with Gasteiger partial charge in [0.05, 0.1) is 5.41 Å². The van der Waals surface area contributed by atoms with Crippen molar-refractivity contribution < 1.29 is 4.74 Å². The number of nitrogens with zero attached hydrogens (tertiary/aromatic N) is 1. The molecule has 0 unspecified atom stereocenters. The molecule has 1 heterocycles. The quantitative estimate of drug-likeness (QED) is 0.179. The third kappa shape index (κ3) is 4.15. The van der Waals surface area contributed by atoms with E-state index in [0.717, 1.165) is 34.1 Å². The molecule has 0 amide bonds. The summed E-state index contributed by atoms with van der Waals surface area (Å²) < 4.78 is 6.87. The average molecular weight is 732 g/mol. The van der Waals surface area contributed by atoms with Gasteiger partial charge in [-0.05, 0) is 115 Å². The van der Waals surface area contributed by atoms with Crippen LogP contribution in [0, 0.1) is 0 Å². The van der Waals surface area contributed by atoms with Crippen LogP contribution in [0.25, 0.3) is 33.4 Å². The summed E-state index contributed by atoms with van der Waals surface area (Å²) >= 11 is 0. The molecule has 2 heteroatoms. The molecule has 0 fully saturated rings. The monoisotopic (exact) mass is 731 g/mol. The Morgan fingerprint density at radius 3 is 1.18 bits per heavy atom. The fourth-order valence-corrected chi connectivity index (χ4v) is 11.1. The largest absolute Gasteiger partial charge is 0.457 e. The van der Waals surface area contributed by atoms with Crippen LogP contribution in [-0.4, -0.2) is 0 Å². The van der Waals surface area contributed by atoms with E-state index in [0.29, 0.717) is 0 Å². The van der Waals surface area contributed by atoms with E-state index in [1.54, 1.807) is 0 Å². The molecule has 8 aromatic rings. The summed E-state index contributed by atoms with van der Waals surface area (Å²) in [7, 11) is 0. The number of rotatable bonds is 3. The Morgan fingerprint density at radius 1 is 0.316 bits per heavy atom. The minimum atomic E-state index is -0.553. The number of hydrogen-bond donors (Lipinski definition) is 0. The molecular formula is C55H41NO. The molecule has 3 aliphatic carbocycles. The van der Waals surface area contributed by atoms with E-state index in [1.165, 1.54) is 72.3 Å². The van der Waals surface area contributed by atoms with Crippen molar-refractivity contribution in [2.75, 3.05) is 4.90 Å². The lowest BCUT2D eigenvalue weighted by Gasteiger charge is -2.40. The van der Waals surface area contributed by atoms with Crippen molar-refractivity contribution in [3.8, 4) is 44.9 Å². The highest BCUT2D eigenvalue weighted by Crippen LogP contribution is 2.63. The Labute approximate surface area is 334 Å². The van der Waals surface area contributed by atoms with Crippen molar-refractivity contribution in [3.05, 3.63) is 220 Å². The van der Waals surface area contributed by atoms with Gasteiger partial charge in [0.1, 0.15) is 11.5 Å². The second kappa shape index (κ2) is 11.2. The molecule has 4 aliphatic rings. The van der Waals surface area contributed by atoms with Gasteiger partial charge in [-0.25, -0.2) is 0 Å². The lowest BCUT2D eigenvalue weighted by atomic mass is 9.66. The predicted molar refractivity (Wildman–Crippen MR) is 234 cm³/mol. The second-order valence-corrected chi connectivity index (χ2v) is 17.3. The molecule has 0 saturated carbocycles. The second-order valence-electron chi connectivity index (χ2n) is 17.3. The van der Waals surface area contributed by atoms with Crippen LogP contribution in [0.5, 0.6) is 11.5 Å². The Morgan fingerprint density at radius 2 is 0.667 bits per heavy atom. The van der Waals surface area contributed by atoms with E-state index in [4.69, 9.17) is 4.74 Å². The van der Waals surface area contributed by atoms with Crippen molar-refractivity contribution >= 4 is 17.1 Å². The Balaban J connectivity index is 1.12. The average Bonchev–Trinajstić information content (AvgIpc) is 3.76. The van der Waals surface area contributed by atoms with Gasteiger partial charge in [-0.15, -0.1) is 0 Å². The zero-order valence-corrected chi connectivity index (χ0v) is 32.6. The Bertz CT molecular complexity index is 2870. The van der Waals surface area contributed by atoms with Crippen LogP contribution in [0.15, 0.2) is 176 Å². The van der Waals surface area contributed by atoms with Crippen molar-refractivity contribution in [1.29, 1.82) is 0 Å². The van der Waals surface area contributed by atoms with Gasteiger partial charge >= 0.3 is 0 Å². The molecule has 1 spiro atoms. The maximum atomic E-state index is 6.87. The van der Waals surface area contributed by atoms with Crippen LogP contribution >= 0.6 is 0 Å². The normalized spacial score (nSPS) is 15.9. The predicted octanol–water partition coefficient (Wildman–Crippen LogP) is 14.2. The molecular weight excluding hydrogens is 691 g/mol. The molecule has 2 nitrogen and oxygen atoms in total. The van der Waals surface area contributed by atoms with E-state index in [9.17, 15) is 0 Å². The molecule has 0 bridgehead atoms. The first-order valence-electron chi connectivity index (χ1n) is 20.2. The summed E-state index contributed by atoms with van der Waals surface area (Å²) in [5.41, 5.74) is 20.8. The van der Waals surface area contributed by atoms with Gasteiger partial charge < -0.3 is 9.64 Å². The van der Waals surface area contributed by atoms with Crippen LogP contribution in [-0.2, 0) is 16.2 Å². The first-order chi connectivity index (χ1) is 27.8. The van der Waals surface area contributed by atoms with E-state index in [2.05, 4.69) is 209 Å². The fourth-order valence-electron chi connectivity index (χ4n) is 11.1. The number of benzene rings is 8. The number of hydrogen-bond acceptors (Lipinski definition) is 2. The minimum Gasteiger partial charge on any atom is -0.457 e. The lowest BCUT2D eigenvalue weighted by Crippen LogP contribution is -2.32. The molecule has 57 heavy (non-hydrogen) atoms. The van der Waals surface area contributed by atoms with Crippen LogP contribution < -0.4 is 9.64 Å². The van der Waals surface area contributed by atoms with Crippen molar-refractivity contribution in [1.82, 2.24) is 0 Å². The number of ether oxygens (including phenoxy) is 1. The molecule has 0 radical (unpaired) electrons. The maximum Gasteiger partial charge on any atom is 0.132 e. The fraction of sp³-hybridized carbons (Fsp3) is 0.127. The molecule has 8 aromatic carbocycles.